The van der Waals surface area contributed by atoms with Gasteiger partial charge in [-0.05, 0) is 66.6 Å². The maximum atomic E-state index is 13.3. The average molecular weight is 530 g/mol. The van der Waals surface area contributed by atoms with Crippen LogP contribution in [0.1, 0.15) is 16.7 Å². The molecule has 3 rings (SSSR count). The van der Waals surface area contributed by atoms with E-state index in [0.29, 0.717) is 5.75 Å². The summed E-state index contributed by atoms with van der Waals surface area (Å²) < 4.78 is 33.6. The van der Waals surface area contributed by atoms with Crippen molar-refractivity contribution >= 4 is 38.1 Å². The number of hydrogen-bond acceptors (Lipinski definition) is 5. The van der Waals surface area contributed by atoms with Gasteiger partial charge < -0.3 is 4.74 Å². The summed E-state index contributed by atoms with van der Waals surface area (Å²) in [6, 6.07) is 20.9. The number of hydrazone groups is 1. The lowest BCUT2D eigenvalue weighted by molar-refractivity contribution is -0.121. The molecule has 0 aliphatic rings. The minimum Gasteiger partial charge on any atom is -0.497 e. The normalized spacial score (nSPS) is 11.6. The smallest absolute Gasteiger partial charge is 0.255 e. The number of methoxy groups -OCH3 is 1. The third-order valence-corrected chi connectivity index (χ3v) is 7.10. The van der Waals surface area contributed by atoms with E-state index in [2.05, 4.69) is 26.5 Å². The third-order valence-electron chi connectivity index (χ3n) is 4.77. The molecule has 3 aromatic rings. The zero-order chi connectivity index (χ0) is 23.8. The van der Waals surface area contributed by atoms with E-state index in [1.165, 1.54) is 18.3 Å². The molecule has 0 heterocycles. The number of hydrogen-bond donors (Lipinski definition) is 1. The van der Waals surface area contributed by atoms with Crippen LogP contribution in [0.2, 0.25) is 0 Å². The first kappa shape index (κ1) is 24.6. The molecule has 7 nitrogen and oxygen atoms in total. The predicted molar refractivity (Wildman–Crippen MR) is 132 cm³/mol. The first-order valence-electron chi connectivity index (χ1n) is 10.0. The lowest BCUT2D eigenvalue weighted by atomic mass is 10.1. The number of nitrogens with one attached hydrogen (secondary N) is 1. The zero-order valence-electron chi connectivity index (χ0n) is 18.2. The van der Waals surface area contributed by atoms with Crippen LogP contribution in [0.25, 0.3) is 0 Å². The van der Waals surface area contributed by atoms with Crippen molar-refractivity contribution in [3.8, 4) is 5.75 Å². The van der Waals surface area contributed by atoms with E-state index in [1.807, 2.05) is 31.2 Å². The Morgan fingerprint density at radius 1 is 1.03 bits per heavy atom. The summed E-state index contributed by atoms with van der Waals surface area (Å²) in [4.78, 5) is 12.7. The van der Waals surface area contributed by atoms with Gasteiger partial charge in [-0.25, -0.2) is 13.8 Å². The molecule has 172 valence electrons. The van der Waals surface area contributed by atoms with Crippen molar-refractivity contribution in [3.05, 3.63) is 94.0 Å². The fourth-order valence-electron chi connectivity index (χ4n) is 2.94. The van der Waals surface area contributed by atoms with Crippen molar-refractivity contribution in [1.82, 2.24) is 9.73 Å². The van der Waals surface area contributed by atoms with Crippen molar-refractivity contribution in [1.29, 1.82) is 0 Å². The number of halogens is 1. The monoisotopic (exact) mass is 529 g/mol. The van der Waals surface area contributed by atoms with E-state index in [0.717, 1.165) is 25.5 Å². The van der Waals surface area contributed by atoms with E-state index in [-0.39, 0.29) is 18.0 Å². The second-order valence-electron chi connectivity index (χ2n) is 7.28. The second-order valence-corrected chi connectivity index (χ2v) is 10.1. The highest BCUT2D eigenvalue weighted by Crippen LogP contribution is 2.21. The average Bonchev–Trinajstić information content (AvgIpc) is 2.81. The first-order chi connectivity index (χ1) is 15.8. The van der Waals surface area contributed by atoms with Gasteiger partial charge in [-0.2, -0.15) is 9.41 Å². The van der Waals surface area contributed by atoms with Crippen LogP contribution in [0, 0.1) is 6.92 Å². The standard InChI is InChI=1S/C24H24BrN3O4S/c1-18-3-5-20(6-4-18)16-28(33(30,31)23-13-9-21(25)10-14-23)17-24(29)27-26-15-19-7-11-22(32-2)12-8-19/h3-15H,16-17H2,1-2H3,(H,27,29)/b26-15-. The Kier molecular flexibility index (Phi) is 8.37. The fraction of sp³-hybridized carbons (Fsp3) is 0.167. The number of carbonyl (C=O) groups is 1. The molecular weight excluding hydrogens is 506 g/mol. The highest BCUT2D eigenvalue weighted by Gasteiger charge is 2.27. The Labute approximate surface area is 202 Å². The van der Waals surface area contributed by atoms with Crippen LogP contribution in [0.3, 0.4) is 0 Å². The topological polar surface area (TPSA) is 88.1 Å². The van der Waals surface area contributed by atoms with Gasteiger partial charge in [-0.3, -0.25) is 4.79 Å². The predicted octanol–water partition coefficient (Wildman–Crippen LogP) is 4.11. The summed E-state index contributed by atoms with van der Waals surface area (Å²) in [7, 11) is -2.34. The fourth-order valence-corrected chi connectivity index (χ4v) is 4.59. The summed E-state index contributed by atoms with van der Waals surface area (Å²) >= 11 is 3.31. The van der Waals surface area contributed by atoms with Gasteiger partial charge >= 0.3 is 0 Å². The molecule has 0 saturated heterocycles. The molecule has 0 saturated carbocycles. The van der Waals surface area contributed by atoms with E-state index in [9.17, 15) is 13.2 Å². The van der Waals surface area contributed by atoms with Crippen molar-refractivity contribution in [2.24, 2.45) is 5.10 Å². The third kappa shape index (κ3) is 6.98. The number of rotatable bonds is 9. The minimum atomic E-state index is -3.92. The van der Waals surface area contributed by atoms with Gasteiger partial charge in [0.15, 0.2) is 0 Å². The Morgan fingerprint density at radius 3 is 2.27 bits per heavy atom. The van der Waals surface area contributed by atoms with Gasteiger partial charge in [-0.1, -0.05) is 45.8 Å². The number of ether oxygens (including phenoxy) is 1. The van der Waals surface area contributed by atoms with Gasteiger partial charge in [-0.15, -0.1) is 0 Å². The molecule has 9 heteroatoms. The molecule has 0 fully saturated rings. The van der Waals surface area contributed by atoms with Gasteiger partial charge in [0.1, 0.15) is 5.75 Å². The van der Waals surface area contributed by atoms with Gasteiger partial charge in [0, 0.05) is 11.0 Å². The van der Waals surface area contributed by atoms with Gasteiger partial charge in [0.25, 0.3) is 5.91 Å². The van der Waals surface area contributed by atoms with Crippen molar-refractivity contribution < 1.29 is 17.9 Å². The highest BCUT2D eigenvalue weighted by atomic mass is 79.9. The highest BCUT2D eigenvalue weighted by molar-refractivity contribution is 9.10. The summed E-state index contributed by atoms with van der Waals surface area (Å²) in [6.45, 7) is 1.62. The van der Waals surface area contributed by atoms with Crippen molar-refractivity contribution in [3.63, 3.8) is 0 Å². The largest absolute Gasteiger partial charge is 0.497 e. The molecule has 0 bridgehead atoms. The molecule has 0 aliphatic heterocycles. The van der Waals surface area contributed by atoms with Gasteiger partial charge in [0.05, 0.1) is 24.8 Å². The van der Waals surface area contributed by atoms with Crippen LogP contribution in [-0.4, -0.2) is 38.5 Å². The van der Waals surface area contributed by atoms with E-state index in [4.69, 9.17) is 4.74 Å². The summed E-state index contributed by atoms with van der Waals surface area (Å²) in [5.74, 6) is 0.161. The molecule has 0 aromatic heterocycles. The molecule has 33 heavy (non-hydrogen) atoms. The maximum absolute atomic E-state index is 13.3. The number of nitrogens with zero attached hydrogens (tertiary/aromatic N) is 2. The zero-order valence-corrected chi connectivity index (χ0v) is 20.6. The van der Waals surface area contributed by atoms with Crippen molar-refractivity contribution in [2.75, 3.05) is 13.7 Å². The van der Waals surface area contributed by atoms with Crippen LogP contribution >= 0.6 is 15.9 Å². The molecule has 0 spiro atoms. The molecule has 0 unspecified atom stereocenters. The minimum absolute atomic E-state index is 0.0499. The maximum Gasteiger partial charge on any atom is 0.255 e. The van der Waals surface area contributed by atoms with Crippen molar-refractivity contribution in [2.45, 2.75) is 18.4 Å². The van der Waals surface area contributed by atoms with Crippen LogP contribution in [0.15, 0.2) is 87.3 Å². The lowest BCUT2D eigenvalue weighted by Crippen LogP contribution is -2.39. The molecular formula is C24H24BrN3O4S. The van der Waals surface area contributed by atoms with E-state index < -0.39 is 15.9 Å². The lowest BCUT2D eigenvalue weighted by Gasteiger charge is -2.21. The SMILES string of the molecule is COc1ccc(/C=N\NC(=O)CN(Cc2ccc(C)cc2)S(=O)(=O)c2ccc(Br)cc2)cc1. The van der Waals surface area contributed by atoms with Crippen LogP contribution in [0.5, 0.6) is 5.75 Å². The summed E-state index contributed by atoms with van der Waals surface area (Å²) in [6.07, 6.45) is 1.48. The Morgan fingerprint density at radius 2 is 1.67 bits per heavy atom. The summed E-state index contributed by atoms with van der Waals surface area (Å²) in [5.41, 5.74) is 5.00. The number of carbonyl (C=O) groups excluding carboxylic acids is 1. The number of sulfonamides is 1. The molecule has 0 atom stereocenters. The number of amides is 1. The first-order valence-corrected chi connectivity index (χ1v) is 12.3. The molecule has 3 aromatic carbocycles. The Hall–Kier alpha value is -3.01. The molecule has 0 aliphatic carbocycles. The molecule has 1 N–H and O–H groups in total. The second kappa shape index (κ2) is 11.2. The Bertz CT molecular complexity index is 1210. The summed E-state index contributed by atoms with van der Waals surface area (Å²) in [5, 5.41) is 3.94. The van der Waals surface area contributed by atoms with Gasteiger partial charge in [0.2, 0.25) is 10.0 Å². The Balaban J connectivity index is 1.76. The molecule has 1 amide bonds. The quantitative estimate of drug-likeness (QED) is 0.333. The number of aryl methyl sites for hydroxylation is 1. The van der Waals surface area contributed by atoms with Crippen LogP contribution in [0.4, 0.5) is 0 Å². The molecule has 0 radical (unpaired) electrons. The van der Waals surface area contributed by atoms with E-state index in [1.54, 1.807) is 43.5 Å². The van der Waals surface area contributed by atoms with Crippen LogP contribution in [-0.2, 0) is 21.4 Å². The number of benzene rings is 3. The van der Waals surface area contributed by atoms with Crippen LogP contribution < -0.4 is 10.2 Å². The van der Waals surface area contributed by atoms with E-state index >= 15 is 0 Å².